The van der Waals surface area contributed by atoms with Gasteiger partial charge in [-0.2, -0.15) is 0 Å². The average Bonchev–Trinajstić information content (AvgIpc) is 1.35. The van der Waals surface area contributed by atoms with Crippen molar-refractivity contribution in [2.75, 3.05) is 4.93 Å². The van der Waals surface area contributed by atoms with Crippen LogP contribution in [0, 0.1) is 0 Å². The van der Waals surface area contributed by atoms with Crippen molar-refractivity contribution in [2.45, 2.75) is 0 Å². The zero-order valence-corrected chi connectivity index (χ0v) is 9.84. The van der Waals surface area contributed by atoms with E-state index in [0.717, 1.165) is 0 Å². The van der Waals surface area contributed by atoms with Gasteiger partial charge >= 0.3 is 71.0 Å². The van der Waals surface area contributed by atoms with E-state index in [9.17, 15) is 0 Å². The van der Waals surface area contributed by atoms with E-state index in [1.807, 2.05) is 0 Å². The molecule has 5 heteroatoms. The molecule has 0 aliphatic rings. The standard InChI is InChI=1S/CH3Cl2I2Si/c1-5-6(2,3)4/h1H3/q-1. The fourth-order valence-electron chi connectivity index (χ4n) is 0. The molecule has 0 unspecified atom stereocenters. The first-order valence-electron chi connectivity index (χ1n) is 1.13. The number of alkyl halides is 1. The van der Waals surface area contributed by atoms with Crippen LogP contribution in [0.1, 0.15) is 0 Å². The van der Waals surface area contributed by atoms with Gasteiger partial charge in [0.15, 0.2) is 0 Å². The SMILES string of the molecule is C[I-][Si](Cl)(Cl)I. The molecule has 0 bridgehead atoms. The summed E-state index contributed by atoms with van der Waals surface area (Å²) in [5.74, 6) is 0. The molecule has 0 amide bonds. The Morgan fingerprint density at radius 3 is 1.83 bits per heavy atom. The molecule has 40 valence electrons. The molecule has 0 nitrogen and oxygen atoms in total. The zero-order chi connectivity index (χ0) is 5.21. The molecular weight excluding hydrogens is 365 g/mol. The van der Waals surface area contributed by atoms with Crippen LogP contribution >= 0.6 is 44.0 Å². The second-order valence-corrected chi connectivity index (χ2v) is 32.6. The molecule has 0 aliphatic heterocycles. The van der Waals surface area contributed by atoms with Gasteiger partial charge < -0.3 is 0 Å². The second kappa shape index (κ2) is 3.32. The Morgan fingerprint density at radius 2 is 1.83 bits per heavy atom. The van der Waals surface area contributed by atoms with Gasteiger partial charge in [-0.25, -0.2) is 0 Å². The molecular formula is CH3Cl2I2Si-. The van der Waals surface area contributed by atoms with Crippen LogP contribution in [0.3, 0.4) is 0 Å². The third-order valence-electron chi connectivity index (χ3n) is 0.214. The molecule has 0 radical (unpaired) electrons. The van der Waals surface area contributed by atoms with E-state index >= 15 is 0 Å². The predicted molar refractivity (Wildman–Crippen MR) is 37.4 cm³/mol. The first-order chi connectivity index (χ1) is 2.56. The number of halogens is 4. The molecule has 0 aliphatic carbocycles. The number of hydrogen-bond acceptors (Lipinski definition) is 0. The molecule has 0 spiro atoms. The second-order valence-electron chi connectivity index (χ2n) is 0.618. The molecule has 0 atom stereocenters. The zero-order valence-electron chi connectivity index (χ0n) is 3.01. The van der Waals surface area contributed by atoms with E-state index in [-0.39, 0.29) is 20.4 Å². The van der Waals surface area contributed by atoms with Crippen LogP contribution in [-0.2, 0) is 0 Å². The van der Waals surface area contributed by atoms with Gasteiger partial charge in [0.05, 0.1) is 0 Å². The molecule has 0 aromatic heterocycles. The molecule has 0 saturated heterocycles. The van der Waals surface area contributed by atoms with E-state index in [0.29, 0.717) is 0 Å². The van der Waals surface area contributed by atoms with Gasteiger partial charge in [0, 0.05) is 0 Å². The Labute approximate surface area is 69.9 Å². The third-order valence-corrected chi connectivity index (χ3v) is 18.3. The van der Waals surface area contributed by atoms with Crippen molar-refractivity contribution in [1.82, 2.24) is 0 Å². The third kappa shape index (κ3) is 6.26. The number of hydrogen-bond donors (Lipinski definition) is 0. The van der Waals surface area contributed by atoms with Crippen molar-refractivity contribution < 1.29 is 20.4 Å². The van der Waals surface area contributed by atoms with E-state index in [1.54, 1.807) is 0 Å². The van der Waals surface area contributed by atoms with Gasteiger partial charge in [-0.15, -0.1) is 0 Å². The molecule has 6 heavy (non-hydrogen) atoms. The van der Waals surface area contributed by atoms with Gasteiger partial charge in [0.1, 0.15) is 0 Å². The van der Waals surface area contributed by atoms with Gasteiger partial charge in [-0.3, -0.25) is 0 Å². The normalized spacial score (nSPS) is 12.7. The fourth-order valence-corrected chi connectivity index (χ4v) is 0. The summed E-state index contributed by atoms with van der Waals surface area (Å²) in [6.45, 7) is 0. The first-order valence-corrected chi connectivity index (χ1v) is 13.5. The number of rotatable bonds is 1. The van der Waals surface area contributed by atoms with Gasteiger partial charge in [-0.1, -0.05) is 0 Å². The van der Waals surface area contributed by atoms with Crippen molar-refractivity contribution in [3.8, 4) is 0 Å². The molecule has 0 aromatic carbocycles. The molecule has 0 fully saturated rings. The monoisotopic (exact) mass is 367 g/mol. The van der Waals surface area contributed by atoms with E-state index in [1.165, 1.54) is 0 Å². The summed E-state index contributed by atoms with van der Waals surface area (Å²) in [4.78, 5) is 2.11. The topological polar surface area (TPSA) is 0 Å². The predicted octanol–water partition coefficient (Wildman–Crippen LogP) is -0.947. The average molecular weight is 368 g/mol. The minimum atomic E-state index is -1.61. The fraction of sp³-hybridized carbons (Fsp3) is 1.00. The summed E-state index contributed by atoms with van der Waals surface area (Å²) >= 11 is 13.6. The van der Waals surface area contributed by atoms with E-state index < -0.39 is 1.69 Å². The van der Waals surface area contributed by atoms with Crippen LogP contribution < -0.4 is 20.4 Å². The Balaban J connectivity index is 3.17. The van der Waals surface area contributed by atoms with Gasteiger partial charge in [0.25, 0.3) is 0 Å². The summed E-state index contributed by atoms with van der Waals surface area (Å²) in [5, 5.41) is 0. The van der Waals surface area contributed by atoms with Crippen LogP contribution in [0.15, 0.2) is 0 Å². The maximum absolute atomic E-state index is 5.66. The molecule has 0 heterocycles. The molecule has 0 rings (SSSR count). The van der Waals surface area contributed by atoms with Crippen molar-refractivity contribution >= 4 is 45.6 Å². The van der Waals surface area contributed by atoms with E-state index in [4.69, 9.17) is 22.2 Å². The Bertz CT molecular complexity index is 41.3. The van der Waals surface area contributed by atoms with Gasteiger partial charge in [0.2, 0.25) is 0 Å². The van der Waals surface area contributed by atoms with Crippen LogP contribution in [0.25, 0.3) is 0 Å². The van der Waals surface area contributed by atoms with Crippen molar-refractivity contribution in [3.05, 3.63) is 0 Å². The summed E-state index contributed by atoms with van der Waals surface area (Å²) in [6.07, 6.45) is 0. The van der Waals surface area contributed by atoms with Crippen LogP contribution in [0.5, 0.6) is 0 Å². The molecule has 0 saturated carbocycles. The first kappa shape index (κ1) is 8.26. The summed E-state index contributed by atoms with van der Waals surface area (Å²) < 4.78 is -1.61. The Morgan fingerprint density at radius 1 is 1.67 bits per heavy atom. The van der Waals surface area contributed by atoms with Crippen LogP contribution in [0.2, 0.25) is 0 Å². The Kier molecular flexibility index (Phi) is 4.56. The maximum atomic E-state index is 5.66. The summed E-state index contributed by atoms with van der Waals surface area (Å²) in [5.41, 5.74) is 0. The molecule has 0 N–H and O–H groups in total. The van der Waals surface area contributed by atoms with E-state index in [2.05, 4.69) is 26.7 Å². The van der Waals surface area contributed by atoms with Crippen LogP contribution in [-0.4, -0.2) is 6.62 Å². The Hall–Kier alpha value is 2.26. The van der Waals surface area contributed by atoms with Crippen molar-refractivity contribution in [1.29, 1.82) is 0 Å². The quantitative estimate of drug-likeness (QED) is 0.243. The van der Waals surface area contributed by atoms with Gasteiger partial charge in [-0.05, 0) is 0 Å². The van der Waals surface area contributed by atoms with Crippen molar-refractivity contribution in [2.24, 2.45) is 0 Å². The summed E-state index contributed by atoms with van der Waals surface area (Å²) in [6, 6.07) is 0. The van der Waals surface area contributed by atoms with Crippen LogP contribution in [0.4, 0.5) is 0 Å². The minimum absolute atomic E-state index is 0.121. The van der Waals surface area contributed by atoms with Crippen molar-refractivity contribution in [3.63, 3.8) is 0 Å². The summed E-state index contributed by atoms with van der Waals surface area (Å²) in [7, 11) is 0. The molecule has 0 aromatic rings.